The average molecular weight is 384 g/mol. The molecule has 0 aliphatic carbocycles. The van der Waals surface area contributed by atoms with Crippen LogP contribution in [-0.4, -0.2) is 48.9 Å². The number of esters is 1. The number of halogens is 1. The number of carbonyl (C=O) groups excluding carboxylic acids is 1. The Labute approximate surface area is 142 Å². The van der Waals surface area contributed by atoms with Crippen LogP contribution >= 0.6 is 15.9 Å². The third-order valence-corrected chi connectivity index (χ3v) is 4.42. The highest BCUT2D eigenvalue weighted by Crippen LogP contribution is 2.35. The molecule has 0 bridgehead atoms. The summed E-state index contributed by atoms with van der Waals surface area (Å²) in [5.41, 5.74) is 0.928. The molecule has 0 spiro atoms. The van der Waals surface area contributed by atoms with Crippen molar-refractivity contribution in [2.45, 2.75) is 13.5 Å². The van der Waals surface area contributed by atoms with Crippen LogP contribution in [-0.2, 0) is 16.0 Å². The van der Waals surface area contributed by atoms with Crippen molar-refractivity contribution in [1.82, 2.24) is 4.90 Å². The Morgan fingerprint density at radius 1 is 1.39 bits per heavy atom. The molecular weight excluding hydrogens is 366 g/mol. The number of carbonyl (C=O) groups is 1. The van der Waals surface area contributed by atoms with Gasteiger partial charge in [0.1, 0.15) is 22.7 Å². The lowest BCUT2D eigenvalue weighted by Crippen LogP contribution is -2.35. The molecule has 2 heterocycles. The van der Waals surface area contributed by atoms with Gasteiger partial charge in [0.2, 0.25) is 0 Å². The number of phenolic OH excluding ortho intramolecular Hbond substituents is 1. The maximum absolute atomic E-state index is 12.4. The summed E-state index contributed by atoms with van der Waals surface area (Å²) in [5, 5.41) is 10.5. The van der Waals surface area contributed by atoms with E-state index in [-0.39, 0.29) is 12.4 Å². The molecule has 0 unspecified atom stereocenters. The molecule has 7 heteroatoms. The molecule has 0 radical (unpaired) electrons. The quantitative estimate of drug-likeness (QED) is 0.818. The Kier molecular flexibility index (Phi) is 4.89. The molecule has 0 atom stereocenters. The van der Waals surface area contributed by atoms with Gasteiger partial charge in [-0.05, 0) is 35.0 Å². The molecule has 1 aromatic carbocycles. The van der Waals surface area contributed by atoms with Gasteiger partial charge < -0.3 is 19.0 Å². The average Bonchev–Trinajstić information content (AvgIpc) is 2.86. The number of morpholine rings is 1. The van der Waals surface area contributed by atoms with Gasteiger partial charge in [-0.3, -0.25) is 4.90 Å². The lowest BCUT2D eigenvalue weighted by molar-refractivity contribution is 0.0309. The van der Waals surface area contributed by atoms with Gasteiger partial charge >= 0.3 is 5.97 Å². The van der Waals surface area contributed by atoms with Gasteiger partial charge in [0, 0.05) is 18.5 Å². The van der Waals surface area contributed by atoms with Crippen molar-refractivity contribution in [2.24, 2.45) is 0 Å². The Morgan fingerprint density at radius 2 is 2.13 bits per heavy atom. The summed E-state index contributed by atoms with van der Waals surface area (Å²) in [4.78, 5) is 14.5. The van der Waals surface area contributed by atoms with Crippen molar-refractivity contribution in [1.29, 1.82) is 0 Å². The number of benzene rings is 1. The van der Waals surface area contributed by atoms with Gasteiger partial charge in [-0.2, -0.15) is 0 Å². The van der Waals surface area contributed by atoms with Gasteiger partial charge in [-0.1, -0.05) is 0 Å². The van der Waals surface area contributed by atoms with Crippen LogP contribution in [0.2, 0.25) is 0 Å². The maximum Gasteiger partial charge on any atom is 0.342 e. The van der Waals surface area contributed by atoms with E-state index in [1.54, 1.807) is 13.0 Å². The molecule has 124 valence electrons. The number of nitrogens with zero attached hydrogens (tertiary/aromatic N) is 1. The second kappa shape index (κ2) is 6.90. The van der Waals surface area contributed by atoms with E-state index in [1.807, 2.05) is 0 Å². The van der Waals surface area contributed by atoms with Crippen LogP contribution in [0.15, 0.2) is 21.0 Å². The van der Waals surface area contributed by atoms with E-state index in [9.17, 15) is 9.90 Å². The molecule has 1 aromatic heterocycles. The maximum atomic E-state index is 12.4. The predicted octanol–water partition coefficient (Wildman–Crippen LogP) is 2.91. The molecule has 1 aliphatic heterocycles. The Morgan fingerprint density at radius 3 is 2.83 bits per heavy atom. The zero-order valence-electron chi connectivity index (χ0n) is 12.8. The van der Waals surface area contributed by atoms with E-state index in [0.717, 1.165) is 13.1 Å². The Hall–Kier alpha value is -1.57. The van der Waals surface area contributed by atoms with Crippen LogP contribution in [0.25, 0.3) is 11.0 Å². The lowest BCUT2D eigenvalue weighted by Gasteiger charge is -2.25. The number of rotatable bonds is 4. The third kappa shape index (κ3) is 3.36. The molecule has 23 heavy (non-hydrogen) atoms. The smallest absolute Gasteiger partial charge is 0.342 e. The van der Waals surface area contributed by atoms with Crippen LogP contribution in [0.4, 0.5) is 0 Å². The minimum absolute atomic E-state index is 0.0572. The van der Waals surface area contributed by atoms with Crippen molar-refractivity contribution < 1.29 is 23.8 Å². The molecule has 1 aliphatic rings. The highest BCUT2D eigenvalue weighted by molar-refractivity contribution is 9.10. The van der Waals surface area contributed by atoms with Crippen molar-refractivity contribution in [3.8, 4) is 5.75 Å². The van der Waals surface area contributed by atoms with Crippen molar-refractivity contribution in [3.05, 3.63) is 27.9 Å². The van der Waals surface area contributed by atoms with E-state index in [1.165, 1.54) is 6.07 Å². The van der Waals surface area contributed by atoms with Crippen LogP contribution in [0.1, 0.15) is 23.0 Å². The zero-order chi connectivity index (χ0) is 16.4. The molecule has 1 fully saturated rings. The van der Waals surface area contributed by atoms with Gasteiger partial charge in [-0.15, -0.1) is 0 Å². The Bertz CT molecular complexity index is 721. The van der Waals surface area contributed by atoms with Gasteiger partial charge in [-0.25, -0.2) is 4.79 Å². The summed E-state index contributed by atoms with van der Waals surface area (Å²) in [6.45, 7) is 5.45. The molecule has 6 nitrogen and oxygen atoms in total. The SMILES string of the molecule is CCOC(=O)c1c(CN2CCOCC2)oc2cc(Br)c(O)cc12. The minimum Gasteiger partial charge on any atom is -0.507 e. The number of ether oxygens (including phenoxy) is 2. The van der Waals surface area contributed by atoms with Gasteiger partial charge in [0.25, 0.3) is 0 Å². The zero-order valence-corrected chi connectivity index (χ0v) is 14.4. The van der Waals surface area contributed by atoms with Gasteiger partial charge in [0.05, 0.1) is 30.8 Å². The number of aromatic hydroxyl groups is 1. The van der Waals surface area contributed by atoms with E-state index in [2.05, 4.69) is 20.8 Å². The van der Waals surface area contributed by atoms with E-state index >= 15 is 0 Å². The number of phenols is 1. The van der Waals surface area contributed by atoms with E-state index < -0.39 is 5.97 Å². The minimum atomic E-state index is -0.434. The van der Waals surface area contributed by atoms with Crippen LogP contribution in [0.5, 0.6) is 5.75 Å². The lowest BCUT2D eigenvalue weighted by atomic mass is 10.1. The first-order valence-corrected chi connectivity index (χ1v) is 8.30. The molecule has 0 saturated carbocycles. The van der Waals surface area contributed by atoms with Crippen LogP contribution in [0, 0.1) is 0 Å². The normalized spacial score (nSPS) is 15.9. The highest BCUT2D eigenvalue weighted by atomic mass is 79.9. The highest BCUT2D eigenvalue weighted by Gasteiger charge is 2.25. The standard InChI is InChI=1S/C16H18BrNO5/c1-2-22-16(20)15-10-7-12(19)11(17)8-13(10)23-14(15)9-18-3-5-21-6-4-18/h7-8,19H,2-6,9H2,1H3. The molecule has 1 N–H and O–H groups in total. The summed E-state index contributed by atoms with van der Waals surface area (Å²) in [6, 6.07) is 3.19. The number of hydrogen-bond donors (Lipinski definition) is 1. The fourth-order valence-corrected chi connectivity index (χ4v) is 2.98. The topological polar surface area (TPSA) is 72.1 Å². The first-order valence-electron chi connectivity index (χ1n) is 7.51. The predicted molar refractivity (Wildman–Crippen MR) is 87.6 cm³/mol. The van der Waals surface area contributed by atoms with Crippen LogP contribution < -0.4 is 0 Å². The third-order valence-electron chi connectivity index (χ3n) is 3.78. The molecule has 3 rings (SSSR count). The number of furan rings is 1. The molecule has 1 saturated heterocycles. The second-order valence-electron chi connectivity index (χ2n) is 5.31. The van der Waals surface area contributed by atoms with E-state index in [0.29, 0.717) is 46.5 Å². The first kappa shape index (κ1) is 16.3. The molecule has 2 aromatic rings. The fraction of sp³-hybridized carbons (Fsp3) is 0.438. The molecule has 0 amide bonds. The summed E-state index contributed by atoms with van der Waals surface area (Å²) in [6.07, 6.45) is 0. The second-order valence-corrected chi connectivity index (χ2v) is 6.16. The van der Waals surface area contributed by atoms with Crippen LogP contribution in [0.3, 0.4) is 0 Å². The summed E-state index contributed by atoms with van der Waals surface area (Å²) in [7, 11) is 0. The van der Waals surface area contributed by atoms with Crippen molar-refractivity contribution in [3.63, 3.8) is 0 Å². The first-order chi connectivity index (χ1) is 11.1. The number of fused-ring (bicyclic) bond motifs is 1. The summed E-state index contributed by atoms with van der Waals surface area (Å²) in [5.74, 6) is 0.177. The van der Waals surface area contributed by atoms with Gasteiger partial charge in [0.15, 0.2) is 0 Å². The summed E-state index contributed by atoms with van der Waals surface area (Å²) >= 11 is 3.26. The van der Waals surface area contributed by atoms with E-state index in [4.69, 9.17) is 13.9 Å². The summed E-state index contributed by atoms with van der Waals surface area (Å²) < 4.78 is 16.9. The fourth-order valence-electron chi connectivity index (χ4n) is 2.66. The Balaban J connectivity index is 2.03. The van der Waals surface area contributed by atoms with Crippen molar-refractivity contribution >= 4 is 32.9 Å². The largest absolute Gasteiger partial charge is 0.507 e. The monoisotopic (exact) mass is 383 g/mol. The number of hydrogen-bond acceptors (Lipinski definition) is 6. The van der Waals surface area contributed by atoms with Crippen molar-refractivity contribution in [2.75, 3.05) is 32.9 Å². The molecular formula is C16H18BrNO5.